The van der Waals surface area contributed by atoms with Crippen molar-refractivity contribution in [3.63, 3.8) is 0 Å². The number of rotatable bonds is 2. The molecule has 1 aromatic heterocycles. The second kappa shape index (κ2) is 3.82. The van der Waals surface area contributed by atoms with Crippen LogP contribution >= 0.6 is 11.8 Å². The van der Waals surface area contributed by atoms with Crippen LogP contribution in [-0.4, -0.2) is 16.8 Å². The monoisotopic (exact) mass is 247 g/mol. The Hall–Kier alpha value is -1.50. The normalized spacial score (nSPS) is 11.9. The number of carbonyl (C=O) groups is 1. The van der Waals surface area contributed by atoms with E-state index in [-0.39, 0.29) is 33.6 Å². The van der Waals surface area contributed by atoms with E-state index < -0.39 is 5.51 Å². The molecule has 3 nitrogen and oxygen atoms in total. The maximum Gasteiger partial charge on any atom is 0.446 e. The van der Waals surface area contributed by atoms with Crippen LogP contribution in [0.25, 0.3) is 11.1 Å². The van der Waals surface area contributed by atoms with Crippen molar-refractivity contribution in [2.24, 2.45) is 0 Å². The van der Waals surface area contributed by atoms with Crippen LogP contribution in [0, 0.1) is 0 Å². The summed E-state index contributed by atoms with van der Waals surface area (Å²) < 4.78 is 41.5. The van der Waals surface area contributed by atoms with E-state index in [1.54, 1.807) is 0 Å². The van der Waals surface area contributed by atoms with Gasteiger partial charge in [-0.15, -0.1) is 0 Å². The largest absolute Gasteiger partial charge is 0.446 e. The Bertz CT molecular complexity index is 535. The molecular formula is C9H4F3NO2S. The molecule has 2 aromatic rings. The summed E-state index contributed by atoms with van der Waals surface area (Å²) in [5, 5.41) is 0. The van der Waals surface area contributed by atoms with Crippen molar-refractivity contribution in [2.75, 3.05) is 0 Å². The van der Waals surface area contributed by atoms with Crippen LogP contribution in [0.15, 0.2) is 27.5 Å². The van der Waals surface area contributed by atoms with Crippen LogP contribution in [0.1, 0.15) is 10.7 Å². The molecule has 0 atom stereocenters. The molecule has 0 amide bonds. The average molecular weight is 247 g/mol. The van der Waals surface area contributed by atoms with Gasteiger partial charge in [0.2, 0.25) is 6.29 Å². The Morgan fingerprint density at radius 3 is 2.75 bits per heavy atom. The topological polar surface area (TPSA) is 43.1 Å². The average Bonchev–Trinajstić information content (AvgIpc) is 2.59. The standard InChI is InChI=1S/C9H4F3NO2S/c10-9(11,12)16-6-3-1-2-5-8(6)13-7(4-14)15-5/h1-4H. The second-order valence-electron chi connectivity index (χ2n) is 2.82. The Morgan fingerprint density at radius 1 is 1.38 bits per heavy atom. The van der Waals surface area contributed by atoms with E-state index in [4.69, 9.17) is 4.42 Å². The maximum atomic E-state index is 12.2. The Morgan fingerprint density at radius 2 is 2.12 bits per heavy atom. The predicted molar refractivity (Wildman–Crippen MR) is 51.3 cm³/mol. The van der Waals surface area contributed by atoms with Gasteiger partial charge in [0, 0.05) is 4.90 Å². The number of para-hydroxylation sites is 1. The quantitative estimate of drug-likeness (QED) is 0.603. The summed E-state index contributed by atoms with van der Waals surface area (Å²) in [7, 11) is 0. The summed E-state index contributed by atoms with van der Waals surface area (Å²) in [4.78, 5) is 14.0. The Kier molecular flexibility index (Phi) is 2.63. The number of benzene rings is 1. The summed E-state index contributed by atoms with van der Waals surface area (Å²) in [6.45, 7) is 0. The van der Waals surface area contributed by atoms with Crippen LogP contribution in [0.4, 0.5) is 13.2 Å². The number of nitrogens with zero attached hydrogens (tertiary/aromatic N) is 1. The van der Waals surface area contributed by atoms with Crippen molar-refractivity contribution >= 4 is 29.1 Å². The van der Waals surface area contributed by atoms with Crippen LogP contribution in [0.5, 0.6) is 0 Å². The van der Waals surface area contributed by atoms with Crippen LogP contribution < -0.4 is 0 Å². The van der Waals surface area contributed by atoms with E-state index in [1.165, 1.54) is 18.2 Å². The number of halogens is 3. The minimum atomic E-state index is -4.39. The highest BCUT2D eigenvalue weighted by Gasteiger charge is 2.30. The maximum absolute atomic E-state index is 12.2. The minimum absolute atomic E-state index is 0.0481. The molecule has 1 heterocycles. The van der Waals surface area contributed by atoms with E-state index in [0.29, 0.717) is 6.29 Å². The third-order valence-corrected chi connectivity index (χ3v) is 2.51. The highest BCUT2D eigenvalue weighted by molar-refractivity contribution is 8.00. The first-order chi connectivity index (χ1) is 7.49. The van der Waals surface area contributed by atoms with Gasteiger partial charge < -0.3 is 4.42 Å². The molecule has 7 heteroatoms. The lowest BCUT2D eigenvalue weighted by atomic mass is 10.3. The van der Waals surface area contributed by atoms with Crippen LogP contribution in [0.3, 0.4) is 0 Å². The van der Waals surface area contributed by atoms with Gasteiger partial charge in [-0.2, -0.15) is 13.2 Å². The lowest BCUT2D eigenvalue weighted by Crippen LogP contribution is -1.99. The predicted octanol–water partition coefficient (Wildman–Crippen LogP) is 3.25. The Balaban J connectivity index is 2.52. The zero-order valence-electron chi connectivity index (χ0n) is 7.62. The number of hydrogen-bond donors (Lipinski definition) is 0. The number of alkyl halides is 3. The van der Waals surface area contributed by atoms with Gasteiger partial charge in [-0.25, -0.2) is 4.98 Å². The van der Waals surface area contributed by atoms with Gasteiger partial charge in [-0.05, 0) is 23.9 Å². The smallest absolute Gasteiger partial charge is 0.434 e. The van der Waals surface area contributed by atoms with Crippen LogP contribution in [0.2, 0.25) is 0 Å². The molecule has 0 saturated carbocycles. The fourth-order valence-electron chi connectivity index (χ4n) is 1.20. The highest BCUT2D eigenvalue weighted by atomic mass is 32.2. The molecule has 0 spiro atoms. The van der Waals surface area contributed by atoms with Crippen LogP contribution in [-0.2, 0) is 0 Å². The molecule has 16 heavy (non-hydrogen) atoms. The lowest BCUT2D eigenvalue weighted by molar-refractivity contribution is -0.0327. The van der Waals surface area contributed by atoms with Crippen molar-refractivity contribution in [2.45, 2.75) is 10.4 Å². The third-order valence-electron chi connectivity index (χ3n) is 1.73. The van der Waals surface area contributed by atoms with Crippen molar-refractivity contribution in [1.29, 1.82) is 0 Å². The number of oxazole rings is 1. The van der Waals surface area contributed by atoms with Gasteiger partial charge in [0.25, 0.3) is 5.89 Å². The molecule has 0 fully saturated rings. The van der Waals surface area contributed by atoms with Gasteiger partial charge >= 0.3 is 5.51 Å². The second-order valence-corrected chi connectivity index (χ2v) is 3.93. The molecule has 0 aliphatic carbocycles. The van der Waals surface area contributed by atoms with E-state index in [2.05, 4.69) is 4.98 Å². The fraction of sp³-hybridized carbons (Fsp3) is 0.111. The molecule has 84 valence electrons. The van der Waals surface area contributed by atoms with E-state index in [1.807, 2.05) is 0 Å². The van der Waals surface area contributed by atoms with E-state index in [9.17, 15) is 18.0 Å². The van der Waals surface area contributed by atoms with Crippen molar-refractivity contribution in [3.8, 4) is 0 Å². The fourth-order valence-corrected chi connectivity index (χ4v) is 1.84. The summed E-state index contributed by atoms with van der Waals surface area (Å²) in [5.74, 6) is -0.231. The molecule has 0 saturated heterocycles. The molecule has 0 aliphatic rings. The summed E-state index contributed by atoms with van der Waals surface area (Å²) in [6, 6.07) is 4.14. The lowest BCUT2D eigenvalue weighted by Gasteiger charge is -2.04. The van der Waals surface area contributed by atoms with E-state index >= 15 is 0 Å². The van der Waals surface area contributed by atoms with Crippen molar-refractivity contribution in [3.05, 3.63) is 24.1 Å². The minimum Gasteiger partial charge on any atom is -0.434 e. The van der Waals surface area contributed by atoms with Gasteiger partial charge in [0.15, 0.2) is 5.58 Å². The first-order valence-electron chi connectivity index (χ1n) is 4.10. The SMILES string of the molecule is O=Cc1nc2c(SC(F)(F)F)cccc2o1. The van der Waals surface area contributed by atoms with Crippen molar-refractivity contribution in [1.82, 2.24) is 4.98 Å². The number of thioether (sulfide) groups is 1. The Labute approximate surface area is 91.6 Å². The van der Waals surface area contributed by atoms with Gasteiger partial charge in [0.1, 0.15) is 5.52 Å². The van der Waals surface area contributed by atoms with E-state index in [0.717, 1.165) is 0 Å². The molecule has 0 unspecified atom stereocenters. The zero-order chi connectivity index (χ0) is 11.8. The molecule has 0 radical (unpaired) electrons. The number of carbonyl (C=O) groups excluding carboxylic acids is 1. The number of hydrogen-bond acceptors (Lipinski definition) is 4. The number of fused-ring (bicyclic) bond motifs is 1. The first kappa shape index (κ1) is 11.0. The first-order valence-corrected chi connectivity index (χ1v) is 4.92. The number of aromatic nitrogens is 1. The molecule has 1 aromatic carbocycles. The zero-order valence-corrected chi connectivity index (χ0v) is 8.43. The number of aldehydes is 1. The molecule has 0 N–H and O–H groups in total. The summed E-state index contributed by atoms with van der Waals surface area (Å²) in [5.41, 5.74) is -4.18. The molecule has 0 bridgehead atoms. The molecule has 2 rings (SSSR count). The van der Waals surface area contributed by atoms with Gasteiger partial charge in [-0.3, -0.25) is 4.79 Å². The van der Waals surface area contributed by atoms with Gasteiger partial charge in [0.05, 0.1) is 0 Å². The van der Waals surface area contributed by atoms with Crippen molar-refractivity contribution < 1.29 is 22.4 Å². The van der Waals surface area contributed by atoms with Gasteiger partial charge in [-0.1, -0.05) is 6.07 Å². The third kappa shape index (κ3) is 2.19. The molecular weight excluding hydrogens is 243 g/mol. The molecule has 0 aliphatic heterocycles. The summed E-state index contributed by atoms with van der Waals surface area (Å²) in [6.07, 6.45) is 0.349. The highest BCUT2D eigenvalue weighted by Crippen LogP contribution is 2.39. The summed E-state index contributed by atoms with van der Waals surface area (Å²) >= 11 is -0.284.